The van der Waals surface area contributed by atoms with Gasteiger partial charge in [0, 0.05) is 17.8 Å². The highest BCUT2D eigenvalue weighted by Gasteiger charge is 2.34. The highest BCUT2D eigenvalue weighted by atomic mass is 32.2. The number of halogens is 1. The van der Waals surface area contributed by atoms with E-state index in [0.29, 0.717) is 16.8 Å². The minimum atomic E-state index is -0.471. The van der Waals surface area contributed by atoms with Gasteiger partial charge < -0.3 is 0 Å². The highest BCUT2D eigenvalue weighted by molar-refractivity contribution is 8.00. The van der Waals surface area contributed by atoms with Crippen molar-refractivity contribution in [2.45, 2.75) is 12.3 Å². The Morgan fingerprint density at radius 1 is 1.30 bits per heavy atom. The zero-order valence-corrected chi connectivity index (χ0v) is 13.0. The number of carbonyl (C=O) groups is 1. The number of amides is 1. The van der Waals surface area contributed by atoms with Crippen LogP contribution in [0.5, 0.6) is 0 Å². The minimum Gasteiger partial charge on any atom is -0.295 e. The molecule has 5 nitrogen and oxygen atoms in total. The van der Waals surface area contributed by atoms with Gasteiger partial charge in [0.1, 0.15) is 11.2 Å². The Balaban J connectivity index is 2.01. The molecule has 0 aliphatic carbocycles. The molecule has 1 aliphatic rings. The Kier molecular flexibility index (Phi) is 4.04. The summed E-state index contributed by atoms with van der Waals surface area (Å²) >= 11 is 1.37. The molecule has 7 heteroatoms. The molecule has 0 spiro atoms. The number of nitrogens with zero attached hydrogens (tertiary/aromatic N) is 2. The lowest BCUT2D eigenvalue weighted by Crippen LogP contribution is -2.28. The van der Waals surface area contributed by atoms with E-state index in [0.717, 1.165) is 0 Å². The standard InChI is InChI=1S/C16H13FN2O3S/c1-10-5-6-12(8-14(10)17)18-15(20)9-23-16(18)11-3-2-4-13(7-11)19(21)22/h2-8,16H,9H2,1H3/t16-/m1/s1. The summed E-state index contributed by atoms with van der Waals surface area (Å²) in [7, 11) is 0. The average Bonchev–Trinajstić information content (AvgIpc) is 2.92. The molecule has 0 unspecified atom stereocenters. The molecule has 2 aromatic carbocycles. The fraction of sp³-hybridized carbons (Fsp3) is 0.188. The number of nitro benzene ring substituents is 1. The molecule has 0 aromatic heterocycles. The summed E-state index contributed by atoms with van der Waals surface area (Å²) < 4.78 is 13.8. The molecule has 3 rings (SSSR count). The number of benzene rings is 2. The van der Waals surface area contributed by atoms with Crippen LogP contribution in [0.3, 0.4) is 0 Å². The molecule has 1 saturated heterocycles. The van der Waals surface area contributed by atoms with E-state index < -0.39 is 10.3 Å². The van der Waals surface area contributed by atoms with Crippen LogP contribution >= 0.6 is 11.8 Å². The predicted molar refractivity (Wildman–Crippen MR) is 86.9 cm³/mol. The smallest absolute Gasteiger partial charge is 0.269 e. The Morgan fingerprint density at radius 3 is 2.78 bits per heavy atom. The monoisotopic (exact) mass is 332 g/mol. The molecular formula is C16H13FN2O3S. The van der Waals surface area contributed by atoms with Crippen LogP contribution in [0.25, 0.3) is 0 Å². The van der Waals surface area contributed by atoms with Crippen LogP contribution in [-0.2, 0) is 4.79 Å². The molecule has 1 atom stereocenters. The van der Waals surface area contributed by atoms with Gasteiger partial charge in [0.25, 0.3) is 5.69 Å². The summed E-state index contributed by atoms with van der Waals surface area (Å²) in [6.45, 7) is 1.65. The van der Waals surface area contributed by atoms with E-state index in [1.165, 1.54) is 34.9 Å². The summed E-state index contributed by atoms with van der Waals surface area (Å²) in [5.41, 5.74) is 1.58. The Labute approximate surface area is 136 Å². The van der Waals surface area contributed by atoms with Gasteiger partial charge in [-0.05, 0) is 30.2 Å². The Morgan fingerprint density at radius 2 is 2.09 bits per heavy atom. The van der Waals surface area contributed by atoms with Crippen molar-refractivity contribution in [1.29, 1.82) is 0 Å². The second-order valence-electron chi connectivity index (χ2n) is 5.21. The van der Waals surface area contributed by atoms with Gasteiger partial charge >= 0.3 is 0 Å². The maximum Gasteiger partial charge on any atom is 0.269 e. The van der Waals surface area contributed by atoms with Crippen molar-refractivity contribution in [3.05, 3.63) is 69.5 Å². The van der Waals surface area contributed by atoms with Crippen molar-refractivity contribution >= 4 is 29.0 Å². The van der Waals surface area contributed by atoms with Crippen molar-refractivity contribution < 1.29 is 14.1 Å². The van der Waals surface area contributed by atoms with Crippen LogP contribution in [0.2, 0.25) is 0 Å². The lowest BCUT2D eigenvalue weighted by molar-refractivity contribution is -0.384. The van der Waals surface area contributed by atoms with Crippen molar-refractivity contribution in [3.63, 3.8) is 0 Å². The van der Waals surface area contributed by atoms with Gasteiger partial charge in [-0.3, -0.25) is 19.8 Å². The fourth-order valence-electron chi connectivity index (χ4n) is 2.47. The van der Waals surface area contributed by atoms with Crippen LogP contribution in [0.4, 0.5) is 15.8 Å². The first-order chi connectivity index (χ1) is 11.0. The highest BCUT2D eigenvalue weighted by Crippen LogP contribution is 2.42. The van der Waals surface area contributed by atoms with Crippen molar-refractivity contribution in [3.8, 4) is 0 Å². The lowest BCUT2D eigenvalue weighted by Gasteiger charge is -2.24. The van der Waals surface area contributed by atoms with Gasteiger partial charge in [-0.25, -0.2) is 4.39 Å². The average molecular weight is 332 g/mol. The summed E-state index contributed by atoms with van der Waals surface area (Å²) in [6.07, 6.45) is 0. The number of aryl methyl sites for hydroxylation is 1. The number of hydrogen-bond acceptors (Lipinski definition) is 4. The minimum absolute atomic E-state index is 0.0301. The third-order valence-corrected chi connectivity index (χ3v) is 4.88. The fourth-order valence-corrected chi connectivity index (χ4v) is 3.64. The molecular weight excluding hydrogens is 319 g/mol. The number of anilines is 1. The lowest BCUT2D eigenvalue weighted by atomic mass is 10.1. The van der Waals surface area contributed by atoms with Crippen molar-refractivity contribution in [2.24, 2.45) is 0 Å². The maximum atomic E-state index is 13.8. The molecule has 1 heterocycles. The third-order valence-electron chi connectivity index (χ3n) is 3.67. The first-order valence-corrected chi connectivity index (χ1v) is 7.96. The van der Waals surface area contributed by atoms with E-state index in [1.54, 1.807) is 31.2 Å². The van der Waals surface area contributed by atoms with Crippen LogP contribution in [0.15, 0.2) is 42.5 Å². The molecule has 118 valence electrons. The topological polar surface area (TPSA) is 63.5 Å². The van der Waals surface area contributed by atoms with Gasteiger partial charge in [0.2, 0.25) is 5.91 Å². The van der Waals surface area contributed by atoms with Gasteiger partial charge in [0.05, 0.1) is 10.7 Å². The second kappa shape index (κ2) is 6.00. The largest absolute Gasteiger partial charge is 0.295 e. The molecule has 0 N–H and O–H groups in total. The summed E-state index contributed by atoms with van der Waals surface area (Å²) in [6, 6.07) is 10.8. The quantitative estimate of drug-likeness (QED) is 0.633. The van der Waals surface area contributed by atoms with E-state index in [9.17, 15) is 19.3 Å². The Bertz CT molecular complexity index is 797. The first-order valence-electron chi connectivity index (χ1n) is 6.91. The van der Waals surface area contributed by atoms with Crippen LogP contribution < -0.4 is 4.90 Å². The zero-order valence-electron chi connectivity index (χ0n) is 12.2. The number of non-ortho nitro benzene ring substituents is 1. The second-order valence-corrected chi connectivity index (χ2v) is 6.28. The van der Waals surface area contributed by atoms with E-state index in [2.05, 4.69) is 0 Å². The van der Waals surface area contributed by atoms with Gasteiger partial charge in [-0.1, -0.05) is 18.2 Å². The van der Waals surface area contributed by atoms with Gasteiger partial charge in [0.15, 0.2) is 0 Å². The predicted octanol–water partition coefficient (Wildman–Crippen LogP) is 3.82. The number of carbonyl (C=O) groups excluding carboxylic acids is 1. The maximum absolute atomic E-state index is 13.8. The third kappa shape index (κ3) is 2.92. The molecule has 2 aromatic rings. The van der Waals surface area contributed by atoms with Crippen LogP contribution in [0.1, 0.15) is 16.5 Å². The van der Waals surface area contributed by atoms with Crippen LogP contribution in [0, 0.1) is 22.9 Å². The van der Waals surface area contributed by atoms with Gasteiger partial charge in [-0.2, -0.15) is 0 Å². The van der Waals surface area contributed by atoms with Crippen LogP contribution in [-0.4, -0.2) is 16.6 Å². The van der Waals surface area contributed by atoms with E-state index in [1.807, 2.05) is 0 Å². The van der Waals surface area contributed by atoms with Crippen molar-refractivity contribution in [1.82, 2.24) is 0 Å². The summed E-state index contributed by atoms with van der Waals surface area (Å²) in [5.74, 6) is -0.275. The number of thioether (sulfide) groups is 1. The van der Waals surface area contributed by atoms with E-state index in [4.69, 9.17) is 0 Å². The first kappa shape index (κ1) is 15.5. The molecule has 1 amide bonds. The van der Waals surface area contributed by atoms with E-state index in [-0.39, 0.29) is 23.2 Å². The summed E-state index contributed by atoms with van der Waals surface area (Å²) in [4.78, 5) is 24.2. The molecule has 23 heavy (non-hydrogen) atoms. The van der Waals surface area contributed by atoms with E-state index >= 15 is 0 Å². The number of rotatable bonds is 3. The molecule has 0 bridgehead atoms. The Hall–Kier alpha value is -2.41. The zero-order chi connectivity index (χ0) is 16.6. The molecule has 1 aliphatic heterocycles. The van der Waals surface area contributed by atoms with Gasteiger partial charge in [-0.15, -0.1) is 11.8 Å². The number of hydrogen-bond donors (Lipinski definition) is 0. The summed E-state index contributed by atoms with van der Waals surface area (Å²) in [5, 5.41) is 10.5. The molecule has 0 radical (unpaired) electrons. The molecule has 0 saturated carbocycles. The van der Waals surface area contributed by atoms with Crippen molar-refractivity contribution in [2.75, 3.05) is 10.7 Å². The SMILES string of the molecule is Cc1ccc(N2C(=O)CS[C@@H]2c2cccc([N+](=O)[O-])c2)cc1F. The number of nitro groups is 1. The normalized spacial score (nSPS) is 17.6. The molecule has 1 fully saturated rings.